The summed E-state index contributed by atoms with van der Waals surface area (Å²) in [5.74, 6) is 1.41. The molecule has 0 spiro atoms. The Kier molecular flexibility index (Phi) is 6.32. The largest absolute Gasteiger partial charge is 0.381 e. The van der Waals surface area contributed by atoms with Gasteiger partial charge in [0.1, 0.15) is 0 Å². The number of methoxy groups -OCH3 is 1. The van der Waals surface area contributed by atoms with Crippen LogP contribution in [0.3, 0.4) is 0 Å². The lowest BCUT2D eigenvalue weighted by molar-refractivity contribution is -0.0480. The first kappa shape index (κ1) is 15.3. The third-order valence-electron chi connectivity index (χ3n) is 3.89. The van der Waals surface area contributed by atoms with Gasteiger partial charge in [-0.3, -0.25) is 0 Å². The van der Waals surface area contributed by atoms with Crippen molar-refractivity contribution in [3.05, 3.63) is 0 Å². The zero-order valence-corrected chi connectivity index (χ0v) is 12.6. The highest BCUT2D eigenvalue weighted by molar-refractivity contribution is 7.80. The maximum atomic E-state index is 6.07. The lowest BCUT2D eigenvalue weighted by atomic mass is 9.82. The lowest BCUT2D eigenvalue weighted by Crippen LogP contribution is -2.32. The van der Waals surface area contributed by atoms with Gasteiger partial charge in [0.25, 0.3) is 0 Å². The van der Waals surface area contributed by atoms with Gasteiger partial charge in [-0.25, -0.2) is 0 Å². The highest BCUT2D eigenvalue weighted by Gasteiger charge is 2.27. The lowest BCUT2D eigenvalue weighted by Gasteiger charge is -2.33. The van der Waals surface area contributed by atoms with Gasteiger partial charge in [0, 0.05) is 7.11 Å². The standard InChI is InChI=1S/C14H28O2S/c1-14(2,3)11(10-17)9-16-13-7-5-6-12(8-13)15-4/h11-13,17H,5-10H2,1-4H3. The van der Waals surface area contributed by atoms with Gasteiger partial charge in [-0.2, -0.15) is 12.6 Å². The van der Waals surface area contributed by atoms with Crippen LogP contribution in [0.4, 0.5) is 0 Å². The van der Waals surface area contributed by atoms with E-state index in [1.54, 1.807) is 7.11 Å². The van der Waals surface area contributed by atoms with E-state index in [1.165, 1.54) is 19.3 Å². The van der Waals surface area contributed by atoms with Crippen LogP contribution >= 0.6 is 12.6 Å². The molecule has 0 aromatic rings. The fourth-order valence-corrected chi connectivity index (χ4v) is 2.95. The molecule has 3 unspecified atom stereocenters. The van der Waals surface area contributed by atoms with Crippen LogP contribution in [0.15, 0.2) is 0 Å². The smallest absolute Gasteiger partial charge is 0.0600 e. The van der Waals surface area contributed by atoms with Crippen molar-refractivity contribution in [2.75, 3.05) is 19.5 Å². The molecule has 1 aliphatic rings. The predicted molar refractivity (Wildman–Crippen MR) is 75.8 cm³/mol. The predicted octanol–water partition coefficient (Wildman–Crippen LogP) is 3.55. The minimum atomic E-state index is 0.275. The van der Waals surface area contributed by atoms with E-state index in [1.807, 2.05) is 0 Å². The van der Waals surface area contributed by atoms with Gasteiger partial charge in [-0.05, 0) is 42.8 Å². The molecule has 3 heteroatoms. The average molecular weight is 260 g/mol. The van der Waals surface area contributed by atoms with Crippen LogP contribution in [0.1, 0.15) is 46.5 Å². The number of hydrogen-bond donors (Lipinski definition) is 1. The molecule has 0 saturated heterocycles. The van der Waals surface area contributed by atoms with Gasteiger partial charge in [-0.15, -0.1) is 0 Å². The van der Waals surface area contributed by atoms with E-state index >= 15 is 0 Å². The molecule has 0 N–H and O–H groups in total. The van der Waals surface area contributed by atoms with Crippen molar-refractivity contribution in [1.82, 2.24) is 0 Å². The van der Waals surface area contributed by atoms with E-state index in [4.69, 9.17) is 9.47 Å². The molecule has 0 radical (unpaired) electrons. The maximum Gasteiger partial charge on any atom is 0.0600 e. The molecule has 0 amide bonds. The van der Waals surface area contributed by atoms with Crippen molar-refractivity contribution >= 4 is 12.6 Å². The minimum Gasteiger partial charge on any atom is -0.381 e. The first-order valence-electron chi connectivity index (χ1n) is 6.72. The molecule has 1 fully saturated rings. The molecule has 102 valence electrons. The Morgan fingerprint density at radius 1 is 1.24 bits per heavy atom. The Balaban J connectivity index is 2.34. The number of ether oxygens (including phenoxy) is 2. The molecule has 0 aliphatic heterocycles. The van der Waals surface area contributed by atoms with Crippen LogP contribution in [-0.2, 0) is 9.47 Å². The molecule has 0 aromatic heterocycles. The summed E-state index contributed by atoms with van der Waals surface area (Å²) in [4.78, 5) is 0. The van der Waals surface area contributed by atoms with E-state index in [-0.39, 0.29) is 5.41 Å². The number of hydrogen-bond acceptors (Lipinski definition) is 3. The SMILES string of the molecule is COC1CCCC(OCC(CS)C(C)(C)C)C1. The second-order valence-corrected chi connectivity index (χ2v) is 6.59. The quantitative estimate of drug-likeness (QED) is 0.762. The molecule has 0 bridgehead atoms. The van der Waals surface area contributed by atoms with Crippen molar-refractivity contribution in [3.8, 4) is 0 Å². The van der Waals surface area contributed by atoms with Gasteiger partial charge in [-0.1, -0.05) is 20.8 Å². The van der Waals surface area contributed by atoms with Crippen molar-refractivity contribution < 1.29 is 9.47 Å². The highest BCUT2D eigenvalue weighted by Crippen LogP contribution is 2.29. The monoisotopic (exact) mass is 260 g/mol. The molecule has 17 heavy (non-hydrogen) atoms. The summed E-state index contributed by atoms with van der Waals surface area (Å²) < 4.78 is 11.5. The molecule has 2 nitrogen and oxygen atoms in total. The second kappa shape index (κ2) is 7.01. The van der Waals surface area contributed by atoms with Crippen LogP contribution in [0.5, 0.6) is 0 Å². The van der Waals surface area contributed by atoms with Gasteiger partial charge >= 0.3 is 0 Å². The Morgan fingerprint density at radius 3 is 2.41 bits per heavy atom. The number of rotatable bonds is 5. The highest BCUT2D eigenvalue weighted by atomic mass is 32.1. The maximum absolute atomic E-state index is 6.07. The zero-order chi connectivity index (χ0) is 12.9. The molecule has 1 rings (SSSR count). The topological polar surface area (TPSA) is 18.5 Å². The third kappa shape index (κ3) is 5.19. The van der Waals surface area contributed by atoms with Crippen molar-refractivity contribution in [1.29, 1.82) is 0 Å². The normalized spacial score (nSPS) is 28.1. The molecular formula is C14H28O2S. The molecule has 0 aromatic carbocycles. The van der Waals surface area contributed by atoms with Crippen LogP contribution in [0, 0.1) is 11.3 Å². The molecule has 1 saturated carbocycles. The summed E-state index contributed by atoms with van der Waals surface area (Å²) in [5, 5.41) is 0. The second-order valence-electron chi connectivity index (χ2n) is 6.23. The van der Waals surface area contributed by atoms with E-state index in [9.17, 15) is 0 Å². The summed E-state index contributed by atoms with van der Waals surface area (Å²) in [7, 11) is 1.80. The number of thiol groups is 1. The van der Waals surface area contributed by atoms with Crippen LogP contribution < -0.4 is 0 Å². The van der Waals surface area contributed by atoms with Crippen LogP contribution in [-0.4, -0.2) is 31.7 Å². The molecule has 0 heterocycles. The molecule has 3 atom stereocenters. The summed E-state index contributed by atoms with van der Waals surface area (Å²) in [5.41, 5.74) is 0.275. The Bertz CT molecular complexity index is 213. The molecule has 1 aliphatic carbocycles. The Labute approximate surface area is 112 Å². The van der Waals surface area contributed by atoms with Gasteiger partial charge < -0.3 is 9.47 Å². The first-order chi connectivity index (χ1) is 7.97. The third-order valence-corrected chi connectivity index (χ3v) is 4.33. The summed E-state index contributed by atoms with van der Waals surface area (Å²) in [6.45, 7) is 7.61. The van der Waals surface area contributed by atoms with E-state index in [0.717, 1.165) is 18.8 Å². The summed E-state index contributed by atoms with van der Waals surface area (Å²) in [6.07, 6.45) is 5.44. The van der Waals surface area contributed by atoms with E-state index in [0.29, 0.717) is 18.1 Å². The first-order valence-corrected chi connectivity index (χ1v) is 7.36. The fraction of sp³-hybridized carbons (Fsp3) is 1.00. The van der Waals surface area contributed by atoms with Crippen molar-refractivity contribution in [3.63, 3.8) is 0 Å². The van der Waals surface area contributed by atoms with Gasteiger partial charge in [0.15, 0.2) is 0 Å². The summed E-state index contributed by atoms with van der Waals surface area (Å²) >= 11 is 4.44. The van der Waals surface area contributed by atoms with Crippen LogP contribution in [0.2, 0.25) is 0 Å². The van der Waals surface area contributed by atoms with Crippen LogP contribution in [0.25, 0.3) is 0 Å². The molecular weight excluding hydrogens is 232 g/mol. The van der Waals surface area contributed by atoms with E-state index in [2.05, 4.69) is 33.4 Å². The Morgan fingerprint density at radius 2 is 1.88 bits per heavy atom. The van der Waals surface area contributed by atoms with Crippen molar-refractivity contribution in [2.45, 2.75) is 58.7 Å². The van der Waals surface area contributed by atoms with Gasteiger partial charge in [0.05, 0.1) is 18.8 Å². The minimum absolute atomic E-state index is 0.275. The van der Waals surface area contributed by atoms with E-state index < -0.39 is 0 Å². The van der Waals surface area contributed by atoms with Crippen molar-refractivity contribution in [2.24, 2.45) is 11.3 Å². The fourth-order valence-electron chi connectivity index (χ4n) is 2.30. The van der Waals surface area contributed by atoms with Gasteiger partial charge in [0.2, 0.25) is 0 Å². The zero-order valence-electron chi connectivity index (χ0n) is 11.7. The average Bonchev–Trinajstić information content (AvgIpc) is 2.28. The Hall–Kier alpha value is 0.270. The summed E-state index contributed by atoms with van der Waals surface area (Å²) in [6, 6.07) is 0.